The summed E-state index contributed by atoms with van der Waals surface area (Å²) in [6.45, 7) is 6.27. The lowest BCUT2D eigenvalue weighted by Crippen LogP contribution is -2.36. The average molecular weight is 279 g/mol. The lowest BCUT2D eigenvalue weighted by molar-refractivity contribution is 0.0307. The summed E-state index contributed by atoms with van der Waals surface area (Å²) in [6, 6.07) is 8.17. The second kappa shape index (κ2) is 5.90. The van der Waals surface area contributed by atoms with Gasteiger partial charge in [0.1, 0.15) is 17.1 Å². The fourth-order valence-electron chi connectivity index (χ4n) is 2.07. The molecule has 0 aliphatic heterocycles. The van der Waals surface area contributed by atoms with Gasteiger partial charge in [0.15, 0.2) is 0 Å². The Labute approximate surface area is 118 Å². The highest BCUT2D eigenvalue weighted by molar-refractivity contribution is 7.10. The molecule has 2 atom stereocenters. The van der Waals surface area contributed by atoms with Crippen molar-refractivity contribution in [2.75, 3.05) is 6.54 Å². The second-order valence-electron chi connectivity index (χ2n) is 5.04. The Morgan fingerprint density at radius 1 is 1.42 bits per heavy atom. The van der Waals surface area contributed by atoms with Gasteiger partial charge in [-0.25, -0.2) is 0 Å². The lowest BCUT2D eigenvalue weighted by atomic mass is 10.0. The first-order valence-electron chi connectivity index (χ1n) is 6.59. The molecule has 0 bridgehead atoms. The summed E-state index contributed by atoms with van der Waals surface area (Å²) in [6.07, 6.45) is 0.994. The van der Waals surface area contributed by atoms with Crippen molar-refractivity contribution in [1.82, 2.24) is 5.32 Å². The maximum Gasteiger partial charge on any atom is 0.136 e. The quantitative estimate of drug-likeness (QED) is 0.849. The molecule has 0 saturated heterocycles. The zero-order chi connectivity index (χ0) is 13.9. The van der Waals surface area contributed by atoms with E-state index in [2.05, 4.69) is 29.8 Å². The highest BCUT2D eigenvalue weighted by Crippen LogP contribution is 2.25. The van der Waals surface area contributed by atoms with Gasteiger partial charge in [0.2, 0.25) is 0 Å². The number of nitrogens with one attached hydrogen (secondary N) is 1. The molecular weight excluding hydrogens is 258 g/mol. The Kier molecular flexibility index (Phi) is 4.45. The van der Waals surface area contributed by atoms with Crippen LogP contribution in [0.3, 0.4) is 0 Å². The summed E-state index contributed by atoms with van der Waals surface area (Å²) in [5.74, 6) is 1.43. The molecule has 2 aromatic heterocycles. The molecule has 2 N–H and O–H groups in total. The van der Waals surface area contributed by atoms with Gasteiger partial charge in [-0.05, 0) is 43.8 Å². The topological polar surface area (TPSA) is 45.4 Å². The maximum absolute atomic E-state index is 10.5. The van der Waals surface area contributed by atoms with Gasteiger partial charge >= 0.3 is 0 Å². The smallest absolute Gasteiger partial charge is 0.136 e. The summed E-state index contributed by atoms with van der Waals surface area (Å²) in [5.41, 5.74) is -0.987. The zero-order valence-corrected chi connectivity index (χ0v) is 12.5. The fraction of sp³-hybridized carbons (Fsp3) is 0.467. The molecule has 2 rings (SSSR count). The highest BCUT2D eigenvalue weighted by atomic mass is 32.1. The van der Waals surface area contributed by atoms with Gasteiger partial charge in [0.25, 0.3) is 0 Å². The van der Waals surface area contributed by atoms with Crippen LogP contribution in [0.5, 0.6) is 0 Å². The SMILES string of the molecule is CCC(NCC(C)(O)c1ccc(C)o1)c1cccs1. The second-order valence-corrected chi connectivity index (χ2v) is 6.02. The molecule has 3 nitrogen and oxygen atoms in total. The first-order chi connectivity index (χ1) is 9.03. The standard InChI is InChI=1S/C15H21NO2S/c1-4-12(13-6-5-9-19-13)16-10-15(3,17)14-8-7-11(2)18-14/h5-9,12,16-17H,4,10H2,1-3H3. The van der Waals surface area contributed by atoms with Crippen molar-refractivity contribution in [2.45, 2.75) is 38.8 Å². The van der Waals surface area contributed by atoms with Crippen molar-refractivity contribution >= 4 is 11.3 Å². The zero-order valence-electron chi connectivity index (χ0n) is 11.6. The number of thiophene rings is 1. The van der Waals surface area contributed by atoms with Gasteiger partial charge in [-0.15, -0.1) is 11.3 Å². The number of aliphatic hydroxyl groups is 1. The summed E-state index contributed by atoms with van der Waals surface area (Å²) < 4.78 is 5.52. The van der Waals surface area contributed by atoms with Crippen molar-refractivity contribution in [3.8, 4) is 0 Å². The van der Waals surface area contributed by atoms with Crippen LogP contribution < -0.4 is 5.32 Å². The summed E-state index contributed by atoms with van der Waals surface area (Å²) in [7, 11) is 0. The van der Waals surface area contributed by atoms with E-state index in [-0.39, 0.29) is 6.04 Å². The van der Waals surface area contributed by atoms with Crippen molar-refractivity contribution < 1.29 is 9.52 Å². The van der Waals surface area contributed by atoms with Gasteiger partial charge in [0.05, 0.1) is 0 Å². The largest absolute Gasteiger partial charge is 0.463 e. The molecule has 0 saturated carbocycles. The van der Waals surface area contributed by atoms with Gasteiger partial charge in [-0.1, -0.05) is 13.0 Å². The summed E-state index contributed by atoms with van der Waals surface area (Å²) in [4.78, 5) is 1.30. The van der Waals surface area contributed by atoms with E-state index < -0.39 is 5.60 Å². The third-order valence-electron chi connectivity index (χ3n) is 3.26. The van der Waals surface area contributed by atoms with Crippen LogP contribution in [0.4, 0.5) is 0 Å². The van der Waals surface area contributed by atoms with Crippen molar-refractivity contribution in [2.24, 2.45) is 0 Å². The molecule has 0 aliphatic carbocycles. The lowest BCUT2D eigenvalue weighted by Gasteiger charge is -2.25. The number of hydrogen-bond acceptors (Lipinski definition) is 4. The Bertz CT molecular complexity index is 502. The van der Waals surface area contributed by atoms with Crippen molar-refractivity contribution in [3.05, 3.63) is 46.0 Å². The molecule has 104 valence electrons. The molecule has 4 heteroatoms. The first kappa shape index (κ1) is 14.3. The minimum Gasteiger partial charge on any atom is -0.463 e. The Balaban J connectivity index is 2.00. The number of furan rings is 1. The molecule has 2 heterocycles. The van der Waals surface area contributed by atoms with Crippen LogP contribution in [0.1, 0.15) is 42.7 Å². The van der Waals surface area contributed by atoms with Crippen LogP contribution >= 0.6 is 11.3 Å². The van der Waals surface area contributed by atoms with Crippen LogP contribution in [0, 0.1) is 6.92 Å². The van der Waals surface area contributed by atoms with E-state index in [9.17, 15) is 5.11 Å². The average Bonchev–Trinajstić information content (AvgIpc) is 3.01. The molecule has 0 fully saturated rings. The monoisotopic (exact) mass is 279 g/mol. The molecule has 0 spiro atoms. The van der Waals surface area contributed by atoms with E-state index >= 15 is 0 Å². The first-order valence-corrected chi connectivity index (χ1v) is 7.47. The predicted molar refractivity (Wildman–Crippen MR) is 78.4 cm³/mol. The minimum absolute atomic E-state index is 0.280. The number of hydrogen-bond donors (Lipinski definition) is 2. The fourth-order valence-corrected chi connectivity index (χ4v) is 2.95. The van der Waals surface area contributed by atoms with E-state index in [1.54, 1.807) is 18.3 Å². The number of aryl methyl sites for hydroxylation is 1. The van der Waals surface area contributed by atoms with Crippen LogP contribution in [-0.4, -0.2) is 11.7 Å². The third kappa shape index (κ3) is 3.47. The Morgan fingerprint density at radius 2 is 2.21 bits per heavy atom. The predicted octanol–water partition coefficient (Wildman–Crippen LogP) is 3.60. The highest BCUT2D eigenvalue weighted by Gasteiger charge is 2.27. The molecule has 2 aromatic rings. The molecule has 19 heavy (non-hydrogen) atoms. The van der Waals surface area contributed by atoms with Crippen molar-refractivity contribution in [3.63, 3.8) is 0 Å². The van der Waals surface area contributed by atoms with Crippen LogP contribution in [0.2, 0.25) is 0 Å². The van der Waals surface area contributed by atoms with E-state index in [0.717, 1.165) is 12.2 Å². The molecular formula is C15H21NO2S. The summed E-state index contributed by atoms with van der Waals surface area (Å²) in [5, 5.41) is 16.0. The minimum atomic E-state index is -0.987. The molecule has 0 aromatic carbocycles. The van der Waals surface area contributed by atoms with E-state index in [0.29, 0.717) is 12.3 Å². The normalized spacial score (nSPS) is 16.2. The van der Waals surface area contributed by atoms with Gasteiger partial charge in [0, 0.05) is 17.5 Å². The van der Waals surface area contributed by atoms with Gasteiger partial charge < -0.3 is 14.8 Å². The van der Waals surface area contributed by atoms with Gasteiger partial charge in [-0.2, -0.15) is 0 Å². The number of rotatable bonds is 6. The third-order valence-corrected chi connectivity index (χ3v) is 4.24. The van der Waals surface area contributed by atoms with Crippen LogP contribution in [0.25, 0.3) is 0 Å². The van der Waals surface area contributed by atoms with E-state index in [1.165, 1.54) is 4.88 Å². The summed E-state index contributed by atoms with van der Waals surface area (Å²) >= 11 is 1.74. The van der Waals surface area contributed by atoms with Crippen LogP contribution in [0.15, 0.2) is 34.1 Å². The molecule has 2 unspecified atom stereocenters. The maximum atomic E-state index is 10.5. The molecule has 0 aliphatic rings. The molecule has 0 radical (unpaired) electrons. The Morgan fingerprint density at radius 3 is 2.74 bits per heavy atom. The van der Waals surface area contributed by atoms with Gasteiger partial charge in [-0.3, -0.25) is 0 Å². The van der Waals surface area contributed by atoms with E-state index in [1.807, 2.05) is 19.1 Å². The van der Waals surface area contributed by atoms with E-state index in [4.69, 9.17) is 4.42 Å². The molecule has 0 amide bonds. The van der Waals surface area contributed by atoms with Crippen molar-refractivity contribution in [1.29, 1.82) is 0 Å². The Hall–Kier alpha value is -1.10. The van der Waals surface area contributed by atoms with Crippen LogP contribution in [-0.2, 0) is 5.60 Å².